The van der Waals surface area contributed by atoms with Crippen LogP contribution in [0.1, 0.15) is 16.7 Å². The number of benzene rings is 2. The van der Waals surface area contributed by atoms with Crippen LogP contribution in [0.4, 0.5) is 4.79 Å². The number of rotatable bonds is 2. The average molecular weight is 433 g/mol. The third-order valence-corrected chi connectivity index (χ3v) is 16.1. The van der Waals surface area contributed by atoms with Crippen molar-refractivity contribution in [2.45, 2.75) is 6.42 Å². The number of hydrogen-bond acceptors (Lipinski definition) is 3. The first-order valence-electron chi connectivity index (χ1n) is 7.87. The Kier molecular flexibility index (Phi) is 3.28. The first kappa shape index (κ1) is 14.6. The van der Waals surface area contributed by atoms with Gasteiger partial charge in [0.05, 0.1) is 0 Å². The van der Waals surface area contributed by atoms with Crippen LogP contribution in [0.15, 0.2) is 56.8 Å². The molecule has 0 atom stereocenters. The van der Waals surface area contributed by atoms with E-state index in [0.717, 1.165) is 23.7 Å². The molecule has 114 valence electrons. The first-order valence-corrected chi connectivity index (χ1v) is 13.6. The van der Waals surface area contributed by atoms with Crippen molar-refractivity contribution in [1.29, 1.82) is 0 Å². The molecule has 0 spiro atoms. The molecule has 3 nitrogen and oxygen atoms in total. The summed E-state index contributed by atoms with van der Waals surface area (Å²) in [5.74, 6) is -0.216. The van der Waals surface area contributed by atoms with Crippen LogP contribution in [-0.2, 0) is 11.2 Å². The Hall–Kier alpha value is -1.72. The van der Waals surface area contributed by atoms with Crippen molar-refractivity contribution in [3.05, 3.63) is 73.5 Å². The van der Waals surface area contributed by atoms with E-state index in [-0.39, 0.29) is 11.1 Å². The Morgan fingerprint density at radius 3 is 2.62 bits per heavy atom. The minimum atomic E-state index is -2.45. The van der Waals surface area contributed by atoms with E-state index in [0.29, 0.717) is 4.91 Å². The molecule has 0 radical (unpaired) electrons. The molecule has 5 rings (SSSR count). The van der Waals surface area contributed by atoms with E-state index in [2.05, 4.69) is 53.9 Å². The second-order valence-corrected chi connectivity index (χ2v) is 15.2. The van der Waals surface area contributed by atoms with Crippen molar-refractivity contribution in [2.75, 3.05) is 0 Å². The fourth-order valence-electron chi connectivity index (χ4n) is 3.85. The van der Waals surface area contributed by atoms with Crippen LogP contribution in [0.3, 0.4) is 0 Å². The molecular weight excluding hydrogens is 421 g/mol. The summed E-state index contributed by atoms with van der Waals surface area (Å²) in [6, 6.07) is 17.0. The Bertz CT molecular complexity index is 978. The van der Waals surface area contributed by atoms with Gasteiger partial charge in [-0.2, -0.15) is 0 Å². The van der Waals surface area contributed by atoms with Crippen molar-refractivity contribution < 1.29 is 9.59 Å². The van der Waals surface area contributed by atoms with E-state index in [4.69, 9.17) is 0 Å². The van der Waals surface area contributed by atoms with Gasteiger partial charge in [-0.3, -0.25) is 0 Å². The van der Waals surface area contributed by atoms with Gasteiger partial charge >= 0.3 is 152 Å². The first-order chi connectivity index (χ1) is 11.7. The molecule has 1 saturated heterocycles. The number of thioether (sulfide) groups is 1. The fourth-order valence-corrected chi connectivity index (χ4v) is 16.2. The summed E-state index contributed by atoms with van der Waals surface area (Å²) >= 11 is -1.37. The van der Waals surface area contributed by atoms with Gasteiger partial charge in [0.25, 0.3) is 0 Å². The number of carbonyl (C=O) groups excluding carboxylic acids is 2. The maximum atomic E-state index is 12.2. The molecule has 1 N–H and O–H groups in total. The zero-order valence-electron chi connectivity index (χ0n) is 12.7. The van der Waals surface area contributed by atoms with Gasteiger partial charge in [-0.15, -0.1) is 0 Å². The molecule has 0 saturated carbocycles. The van der Waals surface area contributed by atoms with Crippen molar-refractivity contribution in [3.8, 4) is 0 Å². The van der Waals surface area contributed by atoms with Crippen LogP contribution in [0.5, 0.6) is 0 Å². The summed E-state index contributed by atoms with van der Waals surface area (Å²) in [5, 5.41) is 2.17. The predicted octanol–water partition coefficient (Wildman–Crippen LogP) is 2.81. The molecule has 3 heterocycles. The minimum absolute atomic E-state index is 0.216. The summed E-state index contributed by atoms with van der Waals surface area (Å²) in [7, 11) is 0. The van der Waals surface area contributed by atoms with E-state index >= 15 is 0 Å². The quantitative estimate of drug-likeness (QED) is 0.742. The third-order valence-electron chi connectivity index (χ3n) is 4.82. The monoisotopic (exact) mass is 433 g/mol. The van der Waals surface area contributed by atoms with Gasteiger partial charge in [-0.1, -0.05) is 0 Å². The molecule has 0 aliphatic carbocycles. The van der Waals surface area contributed by atoms with Gasteiger partial charge in [0.1, 0.15) is 0 Å². The van der Waals surface area contributed by atoms with Gasteiger partial charge in [-0.05, 0) is 0 Å². The Balaban J connectivity index is 1.62. The number of nitrogens with one attached hydrogen (secondary N) is 1. The van der Waals surface area contributed by atoms with Gasteiger partial charge in [0.15, 0.2) is 0 Å². The van der Waals surface area contributed by atoms with Crippen LogP contribution < -0.4 is 8.64 Å². The second-order valence-electron chi connectivity index (χ2n) is 6.24. The number of allylic oxidation sites excluding steroid dienone is 1. The average Bonchev–Trinajstić information content (AvgIpc) is 3.18. The van der Waals surface area contributed by atoms with E-state index < -0.39 is 21.4 Å². The predicted molar refractivity (Wildman–Crippen MR) is 98.0 cm³/mol. The van der Waals surface area contributed by atoms with Crippen molar-refractivity contribution in [3.63, 3.8) is 0 Å². The van der Waals surface area contributed by atoms with Crippen LogP contribution >= 0.6 is 11.8 Å². The Morgan fingerprint density at radius 1 is 1.04 bits per heavy atom. The molecule has 3 aliphatic heterocycles. The SMILES string of the molecule is O=C1NC(=O)/C(=[C]2\c3ccc4[c](c3)[In]2[C](Cc2ccccc2)=C4)S1. The van der Waals surface area contributed by atoms with Gasteiger partial charge in [0.2, 0.25) is 0 Å². The summed E-state index contributed by atoms with van der Waals surface area (Å²) in [6.45, 7) is 0. The van der Waals surface area contributed by atoms with E-state index in [9.17, 15) is 9.59 Å². The molecule has 2 aromatic carbocycles. The van der Waals surface area contributed by atoms with Crippen molar-refractivity contribution >= 4 is 57.1 Å². The normalized spacial score (nSPS) is 20.7. The van der Waals surface area contributed by atoms with Crippen LogP contribution in [0, 0.1) is 0 Å². The van der Waals surface area contributed by atoms with Crippen molar-refractivity contribution in [2.24, 2.45) is 0 Å². The second kappa shape index (κ2) is 5.39. The van der Waals surface area contributed by atoms with Crippen molar-refractivity contribution in [1.82, 2.24) is 5.32 Å². The standard InChI is InChI=1S/C19H12NO2S.In/c21-18-17(23-19(22)20-18)13-16-11-9-15(10-12-16)8-4-7-14-5-2-1-3-6-14;/h1-3,5-6,8-9,11-12H,7H2,(H,20,21,22);. The van der Waals surface area contributed by atoms with Crippen LogP contribution in [0.2, 0.25) is 0 Å². The van der Waals surface area contributed by atoms with Gasteiger partial charge in [0, 0.05) is 0 Å². The molecule has 1 fully saturated rings. The molecule has 2 bridgehead atoms. The number of hydrogen-bond donors (Lipinski definition) is 1. The van der Waals surface area contributed by atoms with E-state index in [1.165, 1.54) is 21.1 Å². The van der Waals surface area contributed by atoms with Gasteiger partial charge < -0.3 is 0 Å². The molecule has 2 aromatic rings. The zero-order valence-corrected chi connectivity index (χ0v) is 16.8. The number of fused-ring (bicyclic) bond motifs is 1. The molecular formula is C19H12InNO2S. The van der Waals surface area contributed by atoms with E-state index in [1.807, 2.05) is 6.07 Å². The Labute approximate surface area is 151 Å². The fraction of sp³-hybridized carbons (Fsp3) is 0.0526. The molecule has 0 unspecified atom stereocenters. The maximum absolute atomic E-state index is 12.2. The van der Waals surface area contributed by atoms with Crippen LogP contribution in [-0.4, -0.2) is 32.6 Å². The number of amides is 2. The third kappa shape index (κ3) is 2.15. The molecule has 3 aliphatic rings. The number of imide groups is 1. The Morgan fingerprint density at radius 2 is 1.88 bits per heavy atom. The molecule has 0 aromatic heterocycles. The van der Waals surface area contributed by atoms with Crippen LogP contribution in [0.25, 0.3) is 9.41 Å². The molecule has 2 amide bonds. The summed E-state index contributed by atoms with van der Waals surface area (Å²) in [5.41, 5.74) is 3.78. The van der Waals surface area contributed by atoms with E-state index in [1.54, 1.807) is 0 Å². The topological polar surface area (TPSA) is 46.2 Å². The molecule has 24 heavy (non-hydrogen) atoms. The molecule has 5 heteroatoms. The summed E-state index contributed by atoms with van der Waals surface area (Å²) in [6.07, 6.45) is 3.27. The summed E-state index contributed by atoms with van der Waals surface area (Å²) in [4.78, 5) is 24.5. The van der Waals surface area contributed by atoms with Gasteiger partial charge in [-0.25, -0.2) is 0 Å². The zero-order chi connectivity index (χ0) is 16.3. The number of carbonyl (C=O) groups is 2. The summed E-state index contributed by atoms with van der Waals surface area (Å²) < 4.78 is 4.17.